The molecule has 3 rings (SSSR count). The van der Waals surface area contributed by atoms with E-state index in [-0.39, 0.29) is 16.4 Å². The van der Waals surface area contributed by atoms with E-state index in [4.69, 9.17) is 21.1 Å². The Morgan fingerprint density at radius 3 is 2.65 bits per heavy atom. The summed E-state index contributed by atoms with van der Waals surface area (Å²) in [6.45, 7) is 0. The lowest BCUT2D eigenvalue weighted by Gasteiger charge is -2.06. The van der Waals surface area contributed by atoms with Crippen LogP contribution in [0.5, 0.6) is 5.75 Å². The van der Waals surface area contributed by atoms with Crippen LogP contribution >= 0.6 is 11.6 Å². The van der Waals surface area contributed by atoms with Gasteiger partial charge in [-0.15, -0.1) is 0 Å². The van der Waals surface area contributed by atoms with Crippen LogP contribution in [0.1, 0.15) is 5.56 Å². The predicted octanol–water partition coefficient (Wildman–Crippen LogP) is 2.99. The highest BCUT2D eigenvalue weighted by Gasteiger charge is 2.13. The van der Waals surface area contributed by atoms with Crippen molar-refractivity contribution in [3.8, 4) is 17.8 Å². The fraction of sp³-hybridized carbons (Fsp3) is 0. The van der Waals surface area contributed by atoms with E-state index in [1.807, 2.05) is 0 Å². The topological polar surface area (TPSA) is 70.7 Å². The number of hydrogen-bond acceptors (Lipinski definition) is 4. The van der Waals surface area contributed by atoms with E-state index in [1.165, 1.54) is 18.2 Å². The van der Waals surface area contributed by atoms with Gasteiger partial charge in [0.15, 0.2) is 0 Å². The summed E-state index contributed by atoms with van der Waals surface area (Å²) in [6.07, 6.45) is 1.79. The Bertz CT molecular complexity index is 961. The third kappa shape index (κ3) is 1.77. The first-order chi connectivity index (χ1) is 9.61. The molecule has 0 radical (unpaired) electrons. The standard InChI is InChI=1S/C15H7ClO4/c16-14-8(5-6-17)1-3-11-13(14)10-4-2-9(18)7-12(10)20-15(11)19/h1-4,7,17-18H. The molecule has 0 aliphatic rings. The lowest BCUT2D eigenvalue weighted by Crippen LogP contribution is -2.00. The van der Waals surface area contributed by atoms with Crippen molar-refractivity contribution in [1.82, 2.24) is 0 Å². The molecule has 0 spiro atoms. The molecule has 0 aliphatic heterocycles. The number of benzene rings is 2. The second-order valence-corrected chi connectivity index (χ2v) is 4.53. The molecular formula is C15H7ClO4. The molecule has 4 nitrogen and oxygen atoms in total. The van der Waals surface area contributed by atoms with E-state index in [0.29, 0.717) is 21.7 Å². The number of aromatic hydroxyl groups is 1. The first kappa shape index (κ1) is 12.4. The van der Waals surface area contributed by atoms with Crippen molar-refractivity contribution in [3.05, 3.63) is 51.3 Å². The fourth-order valence-electron chi connectivity index (χ4n) is 2.12. The van der Waals surface area contributed by atoms with Gasteiger partial charge in [0.2, 0.25) is 0 Å². The molecule has 0 saturated carbocycles. The fourth-order valence-corrected chi connectivity index (χ4v) is 2.44. The highest BCUT2D eigenvalue weighted by atomic mass is 35.5. The van der Waals surface area contributed by atoms with Crippen LogP contribution in [0.15, 0.2) is 39.5 Å². The molecule has 0 unspecified atom stereocenters. The van der Waals surface area contributed by atoms with Gasteiger partial charge in [0, 0.05) is 22.4 Å². The second-order valence-electron chi connectivity index (χ2n) is 4.16. The van der Waals surface area contributed by atoms with Crippen LogP contribution in [0, 0.1) is 12.0 Å². The van der Waals surface area contributed by atoms with Crippen LogP contribution in [-0.2, 0) is 0 Å². The van der Waals surface area contributed by atoms with Crippen LogP contribution in [0.3, 0.4) is 0 Å². The van der Waals surface area contributed by atoms with Crippen LogP contribution in [0.2, 0.25) is 5.02 Å². The molecule has 0 fully saturated rings. The third-order valence-electron chi connectivity index (χ3n) is 2.99. The molecule has 98 valence electrons. The minimum atomic E-state index is -0.552. The van der Waals surface area contributed by atoms with E-state index in [9.17, 15) is 9.90 Å². The Morgan fingerprint density at radius 1 is 1.15 bits per heavy atom. The second kappa shape index (κ2) is 4.48. The van der Waals surface area contributed by atoms with Gasteiger partial charge in [-0.05, 0) is 30.2 Å². The average Bonchev–Trinajstić information content (AvgIpc) is 2.41. The molecule has 2 N–H and O–H groups in total. The van der Waals surface area contributed by atoms with Gasteiger partial charge in [0.1, 0.15) is 17.4 Å². The first-order valence-electron chi connectivity index (χ1n) is 5.65. The molecule has 0 aliphatic carbocycles. The molecule has 0 saturated heterocycles. The predicted molar refractivity (Wildman–Crippen MR) is 75.5 cm³/mol. The van der Waals surface area contributed by atoms with Gasteiger partial charge in [0.25, 0.3) is 0 Å². The van der Waals surface area contributed by atoms with Crippen LogP contribution < -0.4 is 5.63 Å². The maximum absolute atomic E-state index is 11.9. The number of aliphatic hydroxyl groups is 1. The molecule has 0 amide bonds. The molecule has 3 aromatic rings. The summed E-state index contributed by atoms with van der Waals surface area (Å²) in [4.78, 5) is 11.9. The number of phenols is 1. The zero-order chi connectivity index (χ0) is 14.3. The Balaban J connectivity index is 2.60. The molecule has 0 atom stereocenters. The van der Waals surface area contributed by atoms with E-state index in [1.54, 1.807) is 18.2 Å². The van der Waals surface area contributed by atoms with Crippen molar-refractivity contribution in [2.75, 3.05) is 0 Å². The van der Waals surface area contributed by atoms with Gasteiger partial charge in [-0.1, -0.05) is 11.6 Å². The van der Waals surface area contributed by atoms with Gasteiger partial charge in [-0.3, -0.25) is 0 Å². The molecule has 1 heterocycles. The largest absolute Gasteiger partial charge is 0.508 e. The minimum Gasteiger partial charge on any atom is -0.508 e. The van der Waals surface area contributed by atoms with Crippen molar-refractivity contribution in [3.63, 3.8) is 0 Å². The zero-order valence-electron chi connectivity index (χ0n) is 9.98. The molecule has 1 aromatic heterocycles. The maximum Gasteiger partial charge on any atom is 0.344 e. The van der Waals surface area contributed by atoms with Crippen LogP contribution in [0.4, 0.5) is 0 Å². The molecular weight excluding hydrogens is 280 g/mol. The Kier molecular flexibility index (Phi) is 2.78. The van der Waals surface area contributed by atoms with Crippen LogP contribution in [0.25, 0.3) is 21.7 Å². The van der Waals surface area contributed by atoms with E-state index >= 15 is 0 Å². The Morgan fingerprint density at radius 2 is 1.90 bits per heavy atom. The maximum atomic E-state index is 11.9. The van der Waals surface area contributed by atoms with Gasteiger partial charge in [0.05, 0.1) is 10.4 Å². The molecule has 2 aromatic carbocycles. The quantitative estimate of drug-likeness (QED) is 0.379. The van der Waals surface area contributed by atoms with Crippen molar-refractivity contribution in [2.45, 2.75) is 0 Å². The molecule has 5 heteroatoms. The summed E-state index contributed by atoms with van der Waals surface area (Å²) in [5.41, 5.74) is 0.0867. The summed E-state index contributed by atoms with van der Waals surface area (Å²) in [6, 6.07) is 7.51. The normalized spacial score (nSPS) is 10.4. The number of rotatable bonds is 0. The number of aliphatic hydroxyl groups excluding tert-OH is 1. The van der Waals surface area contributed by atoms with Gasteiger partial charge >= 0.3 is 5.63 Å². The molecule has 0 bridgehead atoms. The van der Waals surface area contributed by atoms with Gasteiger partial charge in [-0.25, -0.2) is 4.79 Å². The Hall–Kier alpha value is -2.64. The summed E-state index contributed by atoms with van der Waals surface area (Å²) in [7, 11) is 0. The summed E-state index contributed by atoms with van der Waals surface area (Å²) in [5, 5.41) is 19.8. The van der Waals surface area contributed by atoms with Gasteiger partial charge in [-0.2, -0.15) is 0 Å². The van der Waals surface area contributed by atoms with Crippen molar-refractivity contribution in [2.24, 2.45) is 0 Å². The van der Waals surface area contributed by atoms with Crippen LogP contribution in [-0.4, -0.2) is 10.2 Å². The van der Waals surface area contributed by atoms with Gasteiger partial charge < -0.3 is 14.6 Å². The number of hydrogen-bond donors (Lipinski definition) is 2. The molecule has 20 heavy (non-hydrogen) atoms. The number of phenolic OH excluding ortho intramolecular Hbond substituents is 1. The lowest BCUT2D eigenvalue weighted by molar-refractivity contribution is 0.473. The number of fused-ring (bicyclic) bond motifs is 3. The van der Waals surface area contributed by atoms with Crippen molar-refractivity contribution >= 4 is 33.3 Å². The minimum absolute atomic E-state index is 0.0116. The summed E-state index contributed by atoms with van der Waals surface area (Å²) >= 11 is 6.25. The van der Waals surface area contributed by atoms with E-state index in [0.717, 1.165) is 0 Å². The highest BCUT2D eigenvalue weighted by Crippen LogP contribution is 2.32. The van der Waals surface area contributed by atoms with Crippen molar-refractivity contribution < 1.29 is 14.6 Å². The first-order valence-corrected chi connectivity index (χ1v) is 6.03. The smallest absolute Gasteiger partial charge is 0.344 e. The summed E-state index contributed by atoms with van der Waals surface area (Å²) in [5.74, 6) is 2.44. The lowest BCUT2D eigenvalue weighted by atomic mass is 10.0. The summed E-state index contributed by atoms with van der Waals surface area (Å²) < 4.78 is 5.15. The third-order valence-corrected chi connectivity index (χ3v) is 3.38. The van der Waals surface area contributed by atoms with Crippen molar-refractivity contribution in [1.29, 1.82) is 0 Å². The highest BCUT2D eigenvalue weighted by molar-refractivity contribution is 6.38. The van der Waals surface area contributed by atoms with E-state index in [2.05, 4.69) is 5.92 Å². The number of halogens is 1. The monoisotopic (exact) mass is 286 g/mol. The SMILES string of the molecule is O=c1oc2cc(O)ccc2c2c(Cl)c(C#CO)ccc12. The zero-order valence-corrected chi connectivity index (χ0v) is 10.7. The van der Waals surface area contributed by atoms with E-state index < -0.39 is 5.63 Å². The Labute approximate surface area is 117 Å². The average molecular weight is 287 g/mol.